The Morgan fingerprint density at radius 3 is 3.05 bits per heavy atom. The SMILES string of the molecule is CC1(C)COCc2c1[nH]c(=O)c1sc(-c3cn[nH]c3)cc21. The number of hydrogen-bond acceptors (Lipinski definition) is 4. The van der Waals surface area contributed by atoms with Crippen LogP contribution in [0.25, 0.3) is 20.5 Å². The van der Waals surface area contributed by atoms with Gasteiger partial charge in [-0.05, 0) is 6.07 Å². The van der Waals surface area contributed by atoms with E-state index < -0.39 is 0 Å². The van der Waals surface area contributed by atoms with Crippen LogP contribution < -0.4 is 5.56 Å². The second-order valence-corrected chi connectivity index (χ2v) is 7.08. The van der Waals surface area contributed by atoms with E-state index in [4.69, 9.17) is 4.74 Å². The van der Waals surface area contributed by atoms with Gasteiger partial charge in [0.05, 0.1) is 19.4 Å². The van der Waals surface area contributed by atoms with Crippen LogP contribution in [0, 0.1) is 0 Å². The number of fused-ring (bicyclic) bond motifs is 3. The van der Waals surface area contributed by atoms with Crippen LogP contribution >= 0.6 is 11.3 Å². The molecule has 0 radical (unpaired) electrons. The molecule has 0 aromatic carbocycles. The van der Waals surface area contributed by atoms with Crippen molar-refractivity contribution in [2.24, 2.45) is 0 Å². The zero-order valence-corrected chi connectivity index (χ0v) is 12.6. The first-order valence-corrected chi connectivity index (χ1v) is 7.64. The van der Waals surface area contributed by atoms with E-state index in [1.54, 1.807) is 6.20 Å². The molecule has 0 amide bonds. The highest BCUT2D eigenvalue weighted by Gasteiger charge is 2.31. The minimum atomic E-state index is -0.168. The Morgan fingerprint density at radius 2 is 2.29 bits per heavy atom. The third-order valence-corrected chi connectivity index (χ3v) is 5.16. The Bertz CT molecular complexity index is 874. The van der Waals surface area contributed by atoms with E-state index in [0.717, 1.165) is 31.8 Å². The van der Waals surface area contributed by atoms with E-state index in [-0.39, 0.29) is 11.0 Å². The van der Waals surface area contributed by atoms with Crippen LogP contribution in [-0.4, -0.2) is 21.8 Å². The second-order valence-electron chi connectivity index (χ2n) is 6.02. The third-order valence-electron chi connectivity index (χ3n) is 3.97. The average Bonchev–Trinajstić information content (AvgIpc) is 3.07. The van der Waals surface area contributed by atoms with Crippen molar-refractivity contribution in [3.05, 3.63) is 40.1 Å². The summed E-state index contributed by atoms with van der Waals surface area (Å²) in [4.78, 5) is 16.5. The molecule has 0 bridgehead atoms. The van der Waals surface area contributed by atoms with Gasteiger partial charge in [0.1, 0.15) is 4.70 Å². The molecule has 0 unspecified atom stereocenters. The summed E-state index contributed by atoms with van der Waals surface area (Å²) in [5.74, 6) is 0. The van der Waals surface area contributed by atoms with Crippen molar-refractivity contribution in [1.82, 2.24) is 15.2 Å². The molecule has 2 N–H and O–H groups in total. The second kappa shape index (κ2) is 4.29. The molecule has 4 heterocycles. The standard InChI is InChI=1S/C15H15N3O2S/c1-15(2)7-20-6-10-9-3-11(8-4-16-17-5-8)21-12(9)14(19)18-13(10)15/h3-5H,6-7H2,1-2H3,(H,16,17)(H,18,19). The fraction of sp³-hybridized carbons (Fsp3) is 0.333. The average molecular weight is 301 g/mol. The minimum Gasteiger partial charge on any atom is -0.376 e. The molecule has 1 aliphatic heterocycles. The van der Waals surface area contributed by atoms with Gasteiger partial charge in [0.25, 0.3) is 5.56 Å². The number of hydrogen-bond donors (Lipinski definition) is 2. The molecular formula is C15H15N3O2S. The first-order valence-electron chi connectivity index (χ1n) is 6.82. The largest absolute Gasteiger partial charge is 0.376 e. The van der Waals surface area contributed by atoms with E-state index in [1.807, 2.05) is 6.20 Å². The van der Waals surface area contributed by atoms with Crippen LogP contribution in [0.15, 0.2) is 23.3 Å². The van der Waals surface area contributed by atoms with Crippen LogP contribution in [0.4, 0.5) is 0 Å². The summed E-state index contributed by atoms with van der Waals surface area (Å²) in [6.45, 7) is 5.36. The molecule has 5 nitrogen and oxygen atoms in total. The fourth-order valence-corrected chi connectivity index (χ4v) is 3.96. The lowest BCUT2D eigenvalue weighted by atomic mass is 9.84. The number of nitrogens with one attached hydrogen (secondary N) is 2. The fourth-order valence-electron chi connectivity index (χ4n) is 2.90. The van der Waals surface area contributed by atoms with Gasteiger partial charge in [-0.2, -0.15) is 5.10 Å². The summed E-state index contributed by atoms with van der Waals surface area (Å²) in [7, 11) is 0. The third kappa shape index (κ3) is 1.86. The smallest absolute Gasteiger partial charge is 0.266 e. The van der Waals surface area contributed by atoms with Gasteiger partial charge in [0, 0.05) is 38.7 Å². The molecule has 21 heavy (non-hydrogen) atoms. The quantitative estimate of drug-likeness (QED) is 0.726. The molecule has 3 aromatic heterocycles. The topological polar surface area (TPSA) is 70.8 Å². The molecule has 108 valence electrons. The number of aromatic amines is 2. The minimum absolute atomic E-state index is 0.0153. The van der Waals surface area contributed by atoms with Gasteiger partial charge in [-0.1, -0.05) is 13.8 Å². The zero-order valence-electron chi connectivity index (χ0n) is 11.8. The molecule has 0 fully saturated rings. The number of pyridine rings is 1. The van der Waals surface area contributed by atoms with E-state index in [9.17, 15) is 4.79 Å². The Kier molecular flexibility index (Phi) is 2.61. The number of rotatable bonds is 1. The summed E-state index contributed by atoms with van der Waals surface area (Å²) in [5, 5.41) is 7.78. The molecule has 0 atom stereocenters. The van der Waals surface area contributed by atoms with E-state index in [1.165, 1.54) is 11.3 Å². The Labute approximate surface area is 125 Å². The molecule has 0 spiro atoms. The van der Waals surface area contributed by atoms with Crippen molar-refractivity contribution in [2.75, 3.05) is 6.61 Å². The van der Waals surface area contributed by atoms with Crippen LogP contribution in [0.3, 0.4) is 0 Å². The lowest BCUT2D eigenvalue weighted by Gasteiger charge is -2.31. The number of nitrogens with zero attached hydrogens (tertiary/aromatic N) is 1. The molecule has 6 heteroatoms. The summed E-state index contributed by atoms with van der Waals surface area (Å²) < 4.78 is 6.48. The van der Waals surface area contributed by atoms with E-state index in [0.29, 0.717) is 13.2 Å². The maximum absolute atomic E-state index is 12.4. The normalized spacial score (nSPS) is 17.0. The number of aromatic nitrogens is 3. The van der Waals surface area contributed by atoms with Crippen molar-refractivity contribution in [3.63, 3.8) is 0 Å². The molecular weight excluding hydrogens is 286 g/mol. The Hall–Kier alpha value is -1.92. The first-order chi connectivity index (χ1) is 10.1. The van der Waals surface area contributed by atoms with Gasteiger partial charge in [0.2, 0.25) is 0 Å². The van der Waals surface area contributed by atoms with Gasteiger partial charge in [-0.15, -0.1) is 11.3 Å². The monoisotopic (exact) mass is 301 g/mol. The number of ether oxygens (including phenoxy) is 1. The Morgan fingerprint density at radius 1 is 1.43 bits per heavy atom. The van der Waals surface area contributed by atoms with Crippen molar-refractivity contribution in [3.8, 4) is 10.4 Å². The molecule has 0 saturated carbocycles. The predicted molar refractivity (Wildman–Crippen MR) is 82.7 cm³/mol. The maximum atomic E-state index is 12.4. The lowest BCUT2D eigenvalue weighted by molar-refractivity contribution is 0.0627. The highest BCUT2D eigenvalue weighted by Crippen LogP contribution is 2.38. The van der Waals surface area contributed by atoms with Gasteiger partial charge in [-0.3, -0.25) is 9.89 Å². The summed E-state index contributed by atoms with van der Waals surface area (Å²) in [5.41, 5.74) is 2.92. The van der Waals surface area contributed by atoms with Crippen molar-refractivity contribution < 1.29 is 4.74 Å². The maximum Gasteiger partial charge on any atom is 0.266 e. The van der Waals surface area contributed by atoms with Crippen LogP contribution in [0.2, 0.25) is 0 Å². The number of H-pyrrole nitrogens is 2. The van der Waals surface area contributed by atoms with Gasteiger partial charge >= 0.3 is 0 Å². The van der Waals surface area contributed by atoms with Crippen LogP contribution in [-0.2, 0) is 16.8 Å². The molecule has 3 aromatic rings. The van der Waals surface area contributed by atoms with Gasteiger partial charge < -0.3 is 9.72 Å². The Balaban J connectivity index is 2.04. The molecule has 4 rings (SSSR count). The highest BCUT2D eigenvalue weighted by molar-refractivity contribution is 7.22. The van der Waals surface area contributed by atoms with E-state index >= 15 is 0 Å². The molecule has 0 aliphatic carbocycles. The van der Waals surface area contributed by atoms with E-state index in [2.05, 4.69) is 35.1 Å². The summed E-state index contributed by atoms with van der Waals surface area (Å²) >= 11 is 1.50. The van der Waals surface area contributed by atoms with Crippen LogP contribution in [0.1, 0.15) is 25.1 Å². The van der Waals surface area contributed by atoms with Crippen LogP contribution in [0.5, 0.6) is 0 Å². The van der Waals surface area contributed by atoms with Gasteiger partial charge in [-0.25, -0.2) is 0 Å². The van der Waals surface area contributed by atoms with Gasteiger partial charge in [0.15, 0.2) is 0 Å². The highest BCUT2D eigenvalue weighted by atomic mass is 32.1. The summed E-state index contributed by atoms with van der Waals surface area (Å²) in [6.07, 6.45) is 3.61. The van der Waals surface area contributed by atoms with Crippen molar-refractivity contribution in [1.29, 1.82) is 0 Å². The zero-order chi connectivity index (χ0) is 14.6. The molecule has 1 aliphatic rings. The molecule has 0 saturated heterocycles. The lowest BCUT2D eigenvalue weighted by Crippen LogP contribution is -2.33. The van der Waals surface area contributed by atoms with Crippen molar-refractivity contribution >= 4 is 21.4 Å². The first kappa shape index (κ1) is 12.8. The predicted octanol–water partition coefficient (Wildman–Crippen LogP) is 2.79. The number of thiophene rings is 1. The summed E-state index contributed by atoms with van der Waals surface area (Å²) in [6, 6.07) is 2.07. The van der Waals surface area contributed by atoms with Crippen molar-refractivity contribution in [2.45, 2.75) is 25.9 Å².